The van der Waals surface area contributed by atoms with Crippen molar-refractivity contribution in [2.45, 2.75) is 19.8 Å². The minimum Gasteiger partial charge on any atom is -0.490 e. The Kier molecular flexibility index (Phi) is 7.14. The number of nitro groups is 1. The van der Waals surface area contributed by atoms with Crippen LogP contribution in [-0.4, -0.2) is 29.8 Å². The molecule has 6 nitrogen and oxygen atoms in total. The molecular weight excluding hydrogens is 340 g/mol. The molecule has 0 saturated heterocycles. The molecule has 1 amide bonds. The number of halogens is 1. The van der Waals surface area contributed by atoms with Crippen LogP contribution in [0.5, 0.6) is 5.75 Å². The van der Waals surface area contributed by atoms with Crippen molar-refractivity contribution in [1.29, 1.82) is 0 Å². The highest BCUT2D eigenvalue weighted by molar-refractivity contribution is 9.09. The van der Waals surface area contributed by atoms with Crippen molar-refractivity contribution in [2.24, 2.45) is 5.92 Å². The zero-order valence-corrected chi connectivity index (χ0v) is 13.7. The molecule has 0 fully saturated rings. The largest absolute Gasteiger partial charge is 0.490 e. The summed E-state index contributed by atoms with van der Waals surface area (Å²) < 4.78 is 5.01. The molecule has 116 valence electrons. The second-order valence-corrected chi connectivity index (χ2v) is 5.42. The van der Waals surface area contributed by atoms with E-state index in [4.69, 9.17) is 4.74 Å². The number of nitrogens with zero attached hydrogens (tertiary/aromatic N) is 1. The zero-order chi connectivity index (χ0) is 15.8. The minimum absolute atomic E-state index is 0.00572. The molecule has 1 N–H and O–H groups in total. The maximum Gasteiger partial charge on any atom is 0.311 e. The van der Waals surface area contributed by atoms with Gasteiger partial charge in [0.15, 0.2) is 0 Å². The van der Waals surface area contributed by atoms with E-state index in [-0.39, 0.29) is 22.9 Å². The summed E-state index contributed by atoms with van der Waals surface area (Å²) in [6, 6.07) is 4.30. The Morgan fingerprint density at radius 2 is 2.24 bits per heavy atom. The van der Waals surface area contributed by atoms with Gasteiger partial charge in [0, 0.05) is 17.9 Å². The number of hydrogen-bond acceptors (Lipinski definition) is 4. The Morgan fingerprint density at radius 3 is 2.81 bits per heavy atom. The van der Waals surface area contributed by atoms with Crippen LogP contribution < -0.4 is 10.1 Å². The summed E-state index contributed by atoms with van der Waals surface area (Å²) in [6.07, 6.45) is 1.85. The van der Waals surface area contributed by atoms with Crippen molar-refractivity contribution in [2.75, 3.05) is 19.0 Å². The number of para-hydroxylation sites is 1. The number of carbonyl (C=O) groups is 1. The lowest BCUT2D eigenvalue weighted by Gasteiger charge is -2.10. The predicted octanol–water partition coefficient (Wildman–Crippen LogP) is 3.14. The third-order valence-corrected chi connectivity index (χ3v) is 4.17. The molecular formula is C14H19BrN2O4. The molecule has 21 heavy (non-hydrogen) atoms. The molecule has 0 saturated carbocycles. The first kappa shape index (κ1) is 17.4. The van der Waals surface area contributed by atoms with E-state index in [1.54, 1.807) is 0 Å². The van der Waals surface area contributed by atoms with Crippen LogP contribution >= 0.6 is 15.9 Å². The van der Waals surface area contributed by atoms with E-state index in [1.165, 1.54) is 25.3 Å². The number of hydrogen-bond donors (Lipinski definition) is 1. The van der Waals surface area contributed by atoms with Crippen molar-refractivity contribution in [3.8, 4) is 5.75 Å². The van der Waals surface area contributed by atoms with Crippen LogP contribution in [0.15, 0.2) is 18.2 Å². The van der Waals surface area contributed by atoms with Gasteiger partial charge in [0.2, 0.25) is 5.75 Å². The Balaban J connectivity index is 2.70. The smallest absolute Gasteiger partial charge is 0.311 e. The maximum absolute atomic E-state index is 12.1. The first-order chi connectivity index (χ1) is 10.0. The molecule has 0 heterocycles. The normalized spacial score (nSPS) is 11.8. The van der Waals surface area contributed by atoms with Gasteiger partial charge < -0.3 is 10.1 Å². The van der Waals surface area contributed by atoms with Crippen LogP contribution in [0, 0.1) is 16.0 Å². The van der Waals surface area contributed by atoms with E-state index >= 15 is 0 Å². The van der Waals surface area contributed by atoms with E-state index < -0.39 is 4.92 Å². The molecule has 1 unspecified atom stereocenters. The van der Waals surface area contributed by atoms with Gasteiger partial charge in [0.25, 0.3) is 5.91 Å². The fourth-order valence-electron chi connectivity index (χ4n) is 1.89. The van der Waals surface area contributed by atoms with Gasteiger partial charge in [-0.15, -0.1) is 0 Å². The molecule has 7 heteroatoms. The molecule has 0 radical (unpaired) electrons. The van der Waals surface area contributed by atoms with Crippen molar-refractivity contribution >= 4 is 27.5 Å². The molecule has 1 rings (SSSR count). The van der Waals surface area contributed by atoms with Crippen LogP contribution in [0.1, 0.15) is 30.1 Å². The minimum atomic E-state index is -0.562. The second kappa shape index (κ2) is 8.61. The third-order valence-electron chi connectivity index (χ3n) is 3.06. The number of amides is 1. The maximum atomic E-state index is 12.1. The average molecular weight is 359 g/mol. The fourth-order valence-corrected chi connectivity index (χ4v) is 2.21. The van der Waals surface area contributed by atoms with E-state index in [0.29, 0.717) is 12.5 Å². The molecule has 1 aromatic rings. The lowest BCUT2D eigenvalue weighted by atomic mass is 10.1. The Labute approximate surface area is 132 Å². The molecule has 0 aliphatic rings. The first-order valence-electron chi connectivity index (χ1n) is 6.66. The molecule has 0 aliphatic carbocycles. The summed E-state index contributed by atoms with van der Waals surface area (Å²) in [5.74, 6) is 0.185. The predicted molar refractivity (Wildman–Crippen MR) is 84.2 cm³/mol. The second-order valence-electron chi connectivity index (χ2n) is 4.77. The van der Waals surface area contributed by atoms with Gasteiger partial charge in [0.05, 0.1) is 17.6 Å². The highest BCUT2D eigenvalue weighted by Gasteiger charge is 2.22. The number of nitro benzene ring substituents is 1. The number of nitrogens with one attached hydrogen (secondary N) is 1. The van der Waals surface area contributed by atoms with Crippen LogP contribution in [-0.2, 0) is 0 Å². The van der Waals surface area contributed by atoms with Crippen molar-refractivity contribution in [3.05, 3.63) is 33.9 Å². The average Bonchev–Trinajstić information content (AvgIpc) is 2.49. The van der Waals surface area contributed by atoms with Crippen LogP contribution in [0.25, 0.3) is 0 Å². The van der Waals surface area contributed by atoms with Crippen molar-refractivity contribution in [1.82, 2.24) is 5.32 Å². The molecule has 0 spiro atoms. The number of benzene rings is 1. The van der Waals surface area contributed by atoms with Gasteiger partial charge in [0.1, 0.15) is 0 Å². The SMILES string of the molecule is COc1c(C(=O)NCCCC(C)CBr)cccc1[N+](=O)[O-]. The Hall–Kier alpha value is -1.63. The molecule has 0 bridgehead atoms. The van der Waals surface area contributed by atoms with Crippen LogP contribution in [0.3, 0.4) is 0 Å². The van der Waals surface area contributed by atoms with E-state index in [0.717, 1.165) is 18.2 Å². The van der Waals surface area contributed by atoms with Gasteiger partial charge in [-0.1, -0.05) is 28.9 Å². The zero-order valence-electron chi connectivity index (χ0n) is 12.1. The summed E-state index contributed by atoms with van der Waals surface area (Å²) in [6.45, 7) is 2.65. The molecule has 1 atom stereocenters. The highest BCUT2D eigenvalue weighted by Crippen LogP contribution is 2.30. The van der Waals surface area contributed by atoms with E-state index in [1.807, 2.05) is 0 Å². The molecule has 0 aromatic heterocycles. The van der Waals surface area contributed by atoms with Crippen molar-refractivity contribution in [3.63, 3.8) is 0 Å². The summed E-state index contributed by atoms with van der Waals surface area (Å²) >= 11 is 3.41. The van der Waals surface area contributed by atoms with Gasteiger partial charge in [-0.2, -0.15) is 0 Å². The monoisotopic (exact) mass is 358 g/mol. The third kappa shape index (κ3) is 5.00. The van der Waals surface area contributed by atoms with Crippen LogP contribution in [0.2, 0.25) is 0 Å². The lowest BCUT2D eigenvalue weighted by molar-refractivity contribution is -0.385. The summed E-state index contributed by atoms with van der Waals surface area (Å²) in [4.78, 5) is 22.4. The topological polar surface area (TPSA) is 81.5 Å². The van der Waals surface area contributed by atoms with Gasteiger partial charge in [-0.25, -0.2) is 0 Å². The standard InChI is InChI=1S/C14H19BrN2O4/c1-10(9-15)5-4-8-16-14(18)11-6-3-7-12(17(19)20)13(11)21-2/h3,6-7,10H,4-5,8-9H2,1-2H3,(H,16,18). The fraction of sp³-hybridized carbons (Fsp3) is 0.500. The molecule has 0 aliphatic heterocycles. The lowest BCUT2D eigenvalue weighted by Crippen LogP contribution is -2.25. The highest BCUT2D eigenvalue weighted by atomic mass is 79.9. The number of rotatable bonds is 8. The van der Waals surface area contributed by atoms with Crippen molar-refractivity contribution < 1.29 is 14.5 Å². The number of ether oxygens (including phenoxy) is 1. The number of alkyl halides is 1. The Bertz CT molecular complexity index is 508. The first-order valence-corrected chi connectivity index (χ1v) is 7.79. The summed E-state index contributed by atoms with van der Waals surface area (Å²) in [5, 5.41) is 14.6. The molecule has 1 aromatic carbocycles. The summed E-state index contributed by atoms with van der Waals surface area (Å²) in [5.41, 5.74) is -0.0294. The van der Waals surface area contributed by atoms with E-state index in [2.05, 4.69) is 28.2 Å². The quantitative estimate of drug-likeness (QED) is 0.335. The van der Waals surface area contributed by atoms with Gasteiger partial charge in [-0.3, -0.25) is 14.9 Å². The van der Waals surface area contributed by atoms with Crippen LogP contribution in [0.4, 0.5) is 5.69 Å². The summed E-state index contributed by atoms with van der Waals surface area (Å²) in [7, 11) is 1.32. The number of methoxy groups -OCH3 is 1. The van der Waals surface area contributed by atoms with Gasteiger partial charge >= 0.3 is 5.69 Å². The number of carbonyl (C=O) groups excluding carboxylic acids is 1. The van der Waals surface area contributed by atoms with Gasteiger partial charge in [-0.05, 0) is 24.8 Å². The Morgan fingerprint density at radius 1 is 1.52 bits per heavy atom. The van der Waals surface area contributed by atoms with E-state index in [9.17, 15) is 14.9 Å².